The quantitative estimate of drug-likeness (QED) is 0.835. The van der Waals surface area contributed by atoms with Crippen molar-refractivity contribution in [3.63, 3.8) is 0 Å². The van der Waals surface area contributed by atoms with Gasteiger partial charge in [-0.05, 0) is 44.6 Å². The predicted molar refractivity (Wildman–Crippen MR) is 105 cm³/mol. The van der Waals surface area contributed by atoms with Crippen molar-refractivity contribution in [2.24, 2.45) is 5.92 Å². The fraction of sp³-hybridized carbons (Fsp3) is 0.636. The molecule has 3 unspecified atom stereocenters. The van der Waals surface area contributed by atoms with Gasteiger partial charge < -0.3 is 15.0 Å². The summed E-state index contributed by atoms with van der Waals surface area (Å²) in [6.07, 6.45) is 4.59. The van der Waals surface area contributed by atoms with E-state index in [-0.39, 0.29) is 29.7 Å². The van der Waals surface area contributed by atoms with Crippen LogP contribution in [0, 0.1) is 5.92 Å². The molecule has 1 heterocycles. The number of amides is 2. The fourth-order valence-corrected chi connectivity index (χ4v) is 4.56. The van der Waals surface area contributed by atoms with E-state index in [2.05, 4.69) is 17.4 Å². The first-order valence-electron chi connectivity index (χ1n) is 10.2. The third kappa shape index (κ3) is 4.52. The van der Waals surface area contributed by atoms with Gasteiger partial charge in [-0.2, -0.15) is 0 Å². The third-order valence-corrected chi connectivity index (χ3v) is 5.87. The molecule has 1 aliphatic heterocycles. The van der Waals surface area contributed by atoms with Gasteiger partial charge in [-0.15, -0.1) is 0 Å². The largest absolute Gasteiger partial charge is 0.368 e. The number of ether oxygens (including phenoxy) is 1. The summed E-state index contributed by atoms with van der Waals surface area (Å²) in [5.74, 6) is 0.173. The van der Waals surface area contributed by atoms with Crippen molar-refractivity contribution in [1.82, 2.24) is 10.2 Å². The van der Waals surface area contributed by atoms with Crippen LogP contribution >= 0.6 is 0 Å². The molecule has 1 N–H and O–H groups in total. The van der Waals surface area contributed by atoms with E-state index in [4.69, 9.17) is 4.74 Å². The van der Waals surface area contributed by atoms with Crippen LogP contribution in [0.1, 0.15) is 57.4 Å². The number of nitrogens with one attached hydrogen (secondary N) is 1. The Kier molecular flexibility index (Phi) is 6.53. The summed E-state index contributed by atoms with van der Waals surface area (Å²) in [5.41, 5.74) is 1.13. The molecular weight excluding hydrogens is 340 g/mol. The lowest BCUT2D eigenvalue weighted by Gasteiger charge is -2.34. The van der Waals surface area contributed by atoms with Gasteiger partial charge in [0.25, 0.3) is 5.91 Å². The van der Waals surface area contributed by atoms with Crippen molar-refractivity contribution in [2.45, 2.75) is 70.1 Å². The Morgan fingerprint density at radius 3 is 2.41 bits per heavy atom. The standard InChI is InChI=1S/C22H32N2O3/c1-15(2)23-21(25)19(17-11-7-8-12-17)24(3)22(26)20-18(13-14-27-20)16-9-5-4-6-10-16/h4-6,9-10,15,17-20H,7-8,11-14H2,1-3H3,(H,23,25). The van der Waals surface area contributed by atoms with E-state index in [1.54, 1.807) is 11.9 Å². The molecule has 0 radical (unpaired) electrons. The molecule has 27 heavy (non-hydrogen) atoms. The van der Waals surface area contributed by atoms with E-state index < -0.39 is 12.1 Å². The van der Waals surface area contributed by atoms with Crippen LogP contribution in [0.4, 0.5) is 0 Å². The normalized spacial score (nSPS) is 24.1. The molecule has 0 aromatic heterocycles. The molecule has 3 atom stereocenters. The van der Waals surface area contributed by atoms with E-state index in [1.807, 2.05) is 32.0 Å². The highest BCUT2D eigenvalue weighted by Crippen LogP contribution is 2.35. The number of hydrogen-bond acceptors (Lipinski definition) is 3. The van der Waals surface area contributed by atoms with E-state index in [1.165, 1.54) is 0 Å². The molecule has 1 aromatic carbocycles. The molecule has 2 aliphatic rings. The number of carbonyl (C=O) groups is 2. The summed E-state index contributed by atoms with van der Waals surface area (Å²) in [4.78, 5) is 27.9. The maximum Gasteiger partial charge on any atom is 0.252 e. The average molecular weight is 373 g/mol. The minimum absolute atomic E-state index is 0.0398. The second-order valence-electron chi connectivity index (χ2n) is 8.20. The van der Waals surface area contributed by atoms with Crippen molar-refractivity contribution in [3.05, 3.63) is 35.9 Å². The number of hydrogen-bond donors (Lipinski definition) is 1. The summed E-state index contributed by atoms with van der Waals surface area (Å²) in [6, 6.07) is 9.73. The lowest BCUT2D eigenvalue weighted by Crippen LogP contribution is -2.55. The van der Waals surface area contributed by atoms with Crippen molar-refractivity contribution in [1.29, 1.82) is 0 Å². The molecule has 2 fully saturated rings. The predicted octanol–water partition coefficient (Wildman–Crippen LogP) is 3.10. The highest BCUT2D eigenvalue weighted by molar-refractivity contribution is 5.90. The molecule has 5 heteroatoms. The number of benzene rings is 1. The maximum atomic E-state index is 13.3. The smallest absolute Gasteiger partial charge is 0.252 e. The van der Waals surface area contributed by atoms with Crippen LogP contribution in [0.3, 0.4) is 0 Å². The summed E-state index contributed by atoms with van der Waals surface area (Å²) in [7, 11) is 1.77. The number of likely N-dealkylation sites (N-methyl/N-ethyl adjacent to an activating group) is 1. The van der Waals surface area contributed by atoms with Crippen molar-refractivity contribution >= 4 is 11.8 Å². The molecule has 148 valence electrons. The van der Waals surface area contributed by atoms with Gasteiger partial charge in [0.05, 0.1) is 0 Å². The monoisotopic (exact) mass is 372 g/mol. The summed E-state index contributed by atoms with van der Waals surface area (Å²) in [6.45, 7) is 4.49. The molecule has 2 amide bonds. The Labute approximate surface area is 162 Å². The zero-order chi connectivity index (χ0) is 19.4. The highest BCUT2D eigenvalue weighted by atomic mass is 16.5. The van der Waals surface area contributed by atoms with Crippen LogP contribution in [0.5, 0.6) is 0 Å². The van der Waals surface area contributed by atoms with Crippen molar-refractivity contribution in [3.8, 4) is 0 Å². The first-order chi connectivity index (χ1) is 13.0. The molecule has 5 nitrogen and oxygen atoms in total. The van der Waals surface area contributed by atoms with Crippen molar-refractivity contribution < 1.29 is 14.3 Å². The average Bonchev–Trinajstić information content (AvgIpc) is 3.33. The van der Waals surface area contributed by atoms with Gasteiger partial charge in [0, 0.05) is 25.6 Å². The van der Waals surface area contributed by atoms with E-state index in [0.29, 0.717) is 6.61 Å². The summed E-state index contributed by atoms with van der Waals surface area (Å²) < 4.78 is 5.85. The Bertz CT molecular complexity index is 640. The Balaban J connectivity index is 1.78. The van der Waals surface area contributed by atoms with Gasteiger partial charge >= 0.3 is 0 Å². The lowest BCUT2D eigenvalue weighted by atomic mass is 9.90. The van der Waals surface area contributed by atoms with E-state index in [9.17, 15) is 9.59 Å². The van der Waals surface area contributed by atoms with Gasteiger partial charge in [0.15, 0.2) is 0 Å². The van der Waals surface area contributed by atoms with Crippen LogP contribution in [-0.4, -0.2) is 48.6 Å². The second-order valence-corrected chi connectivity index (χ2v) is 8.20. The topological polar surface area (TPSA) is 58.6 Å². The molecule has 1 aromatic rings. The summed E-state index contributed by atoms with van der Waals surface area (Å²) in [5, 5.41) is 3.02. The lowest BCUT2D eigenvalue weighted by molar-refractivity contribution is -0.148. The third-order valence-electron chi connectivity index (χ3n) is 5.87. The minimum Gasteiger partial charge on any atom is -0.368 e. The van der Waals surface area contributed by atoms with Gasteiger partial charge in [-0.1, -0.05) is 43.2 Å². The Hall–Kier alpha value is -1.88. The SMILES string of the molecule is CC(C)NC(=O)C(C1CCCC1)N(C)C(=O)C1OCCC1c1ccccc1. The molecule has 0 bridgehead atoms. The Morgan fingerprint density at radius 2 is 1.78 bits per heavy atom. The van der Waals surface area contributed by atoms with Crippen LogP contribution in [0.15, 0.2) is 30.3 Å². The molecule has 1 aliphatic carbocycles. The van der Waals surface area contributed by atoms with Gasteiger partial charge in [0.2, 0.25) is 5.91 Å². The Morgan fingerprint density at radius 1 is 1.11 bits per heavy atom. The molecular formula is C22H32N2O3. The van der Waals surface area contributed by atoms with E-state index in [0.717, 1.165) is 37.7 Å². The second kappa shape index (κ2) is 8.87. The van der Waals surface area contributed by atoms with Gasteiger partial charge in [-0.25, -0.2) is 0 Å². The van der Waals surface area contributed by atoms with Crippen molar-refractivity contribution in [2.75, 3.05) is 13.7 Å². The van der Waals surface area contributed by atoms with E-state index >= 15 is 0 Å². The zero-order valence-corrected chi connectivity index (χ0v) is 16.7. The van der Waals surface area contributed by atoms with Crippen LogP contribution in [0.2, 0.25) is 0 Å². The number of carbonyl (C=O) groups excluding carboxylic acids is 2. The highest BCUT2D eigenvalue weighted by Gasteiger charge is 2.42. The number of rotatable bonds is 6. The number of nitrogens with zero attached hydrogens (tertiary/aromatic N) is 1. The van der Waals surface area contributed by atoms with Crippen LogP contribution in [-0.2, 0) is 14.3 Å². The van der Waals surface area contributed by atoms with Gasteiger partial charge in [0.1, 0.15) is 12.1 Å². The fourth-order valence-electron chi connectivity index (χ4n) is 4.56. The minimum atomic E-state index is -0.506. The molecule has 1 saturated carbocycles. The first kappa shape index (κ1) is 19.9. The van der Waals surface area contributed by atoms with Crippen LogP contribution in [0.25, 0.3) is 0 Å². The molecule has 3 rings (SSSR count). The zero-order valence-electron chi connectivity index (χ0n) is 16.7. The van der Waals surface area contributed by atoms with Crippen LogP contribution < -0.4 is 5.32 Å². The summed E-state index contributed by atoms with van der Waals surface area (Å²) >= 11 is 0. The molecule has 0 spiro atoms. The van der Waals surface area contributed by atoms with Gasteiger partial charge in [-0.3, -0.25) is 9.59 Å². The molecule has 1 saturated heterocycles. The first-order valence-corrected chi connectivity index (χ1v) is 10.2. The maximum absolute atomic E-state index is 13.3.